The molecule has 0 fully saturated rings. The van der Waals surface area contributed by atoms with Crippen LogP contribution in [0.25, 0.3) is 0 Å². The van der Waals surface area contributed by atoms with Crippen LogP contribution in [0, 0.1) is 0 Å². The van der Waals surface area contributed by atoms with E-state index in [0.717, 1.165) is 36.2 Å². The lowest BCUT2D eigenvalue weighted by Crippen LogP contribution is -2.28. The second-order valence-corrected chi connectivity index (χ2v) is 5.72. The highest BCUT2D eigenvalue weighted by Gasteiger charge is 2.15. The molecule has 0 aliphatic carbocycles. The minimum Gasteiger partial charge on any atom is -0.356 e. The fraction of sp³-hybridized carbons (Fsp3) is 0.500. The van der Waals surface area contributed by atoms with Gasteiger partial charge < -0.3 is 15.5 Å². The molecule has 114 valence electrons. The third-order valence-corrected chi connectivity index (χ3v) is 3.53. The summed E-state index contributed by atoms with van der Waals surface area (Å²) in [6.45, 7) is 1.68. The molecule has 0 radical (unpaired) electrons. The summed E-state index contributed by atoms with van der Waals surface area (Å²) in [7, 11) is 4.04. The van der Waals surface area contributed by atoms with Gasteiger partial charge in [-0.2, -0.15) is 0 Å². The lowest BCUT2D eigenvalue weighted by atomic mass is 9.99. The molecule has 0 unspecified atom stereocenters. The lowest BCUT2D eigenvalue weighted by Gasteiger charge is -2.17. The van der Waals surface area contributed by atoms with Gasteiger partial charge in [-0.25, -0.2) is 0 Å². The fourth-order valence-electron chi connectivity index (χ4n) is 2.42. The van der Waals surface area contributed by atoms with Crippen molar-refractivity contribution >= 4 is 17.5 Å². The van der Waals surface area contributed by atoms with Gasteiger partial charge in [0.05, 0.1) is 6.42 Å². The molecular formula is C16H23N3O2. The molecule has 1 aliphatic rings. The van der Waals surface area contributed by atoms with E-state index in [2.05, 4.69) is 15.5 Å². The number of fused-ring (bicyclic) bond motifs is 1. The van der Waals surface area contributed by atoms with Crippen LogP contribution >= 0.6 is 0 Å². The molecular weight excluding hydrogens is 266 g/mol. The number of anilines is 1. The van der Waals surface area contributed by atoms with Gasteiger partial charge in [-0.15, -0.1) is 0 Å². The zero-order chi connectivity index (χ0) is 15.2. The number of nitrogens with zero attached hydrogens (tertiary/aromatic N) is 1. The van der Waals surface area contributed by atoms with Crippen LogP contribution in [0.4, 0.5) is 5.69 Å². The Morgan fingerprint density at radius 1 is 1.33 bits per heavy atom. The molecule has 21 heavy (non-hydrogen) atoms. The molecule has 5 heteroatoms. The Morgan fingerprint density at radius 3 is 2.90 bits per heavy atom. The smallest absolute Gasteiger partial charge is 0.224 e. The number of hydrogen-bond acceptors (Lipinski definition) is 3. The van der Waals surface area contributed by atoms with Crippen molar-refractivity contribution in [3.8, 4) is 0 Å². The van der Waals surface area contributed by atoms with Crippen molar-refractivity contribution in [3.05, 3.63) is 29.3 Å². The van der Waals surface area contributed by atoms with Gasteiger partial charge in [0.1, 0.15) is 0 Å². The topological polar surface area (TPSA) is 61.4 Å². The largest absolute Gasteiger partial charge is 0.356 e. The van der Waals surface area contributed by atoms with E-state index in [1.165, 1.54) is 0 Å². The molecule has 0 aromatic heterocycles. The molecule has 2 amide bonds. The first-order valence-electron chi connectivity index (χ1n) is 7.37. The second-order valence-electron chi connectivity index (χ2n) is 5.72. The first kappa shape index (κ1) is 15.5. The highest BCUT2D eigenvalue weighted by atomic mass is 16.2. The molecule has 0 saturated carbocycles. The second kappa shape index (κ2) is 7.22. The van der Waals surface area contributed by atoms with E-state index in [0.29, 0.717) is 19.4 Å². The zero-order valence-electron chi connectivity index (χ0n) is 12.7. The van der Waals surface area contributed by atoms with Crippen molar-refractivity contribution < 1.29 is 9.59 Å². The summed E-state index contributed by atoms with van der Waals surface area (Å²) < 4.78 is 0. The Bertz CT molecular complexity index is 526. The molecule has 1 heterocycles. The van der Waals surface area contributed by atoms with E-state index in [9.17, 15) is 9.59 Å². The maximum absolute atomic E-state index is 11.9. The molecule has 2 N–H and O–H groups in total. The highest BCUT2D eigenvalue weighted by Crippen LogP contribution is 2.23. The van der Waals surface area contributed by atoms with Crippen LogP contribution in [0.2, 0.25) is 0 Å². The van der Waals surface area contributed by atoms with Gasteiger partial charge in [0, 0.05) is 18.7 Å². The number of nitrogens with one attached hydrogen (secondary N) is 2. The zero-order valence-corrected chi connectivity index (χ0v) is 12.7. The molecule has 1 aliphatic heterocycles. The predicted molar refractivity (Wildman–Crippen MR) is 83.3 cm³/mol. The Balaban J connectivity index is 1.83. The number of carbonyl (C=O) groups is 2. The van der Waals surface area contributed by atoms with Gasteiger partial charge in [-0.3, -0.25) is 9.59 Å². The summed E-state index contributed by atoms with van der Waals surface area (Å²) in [6.07, 6.45) is 2.62. The van der Waals surface area contributed by atoms with Crippen LogP contribution in [0.15, 0.2) is 18.2 Å². The summed E-state index contributed by atoms with van der Waals surface area (Å²) in [6, 6.07) is 5.82. The van der Waals surface area contributed by atoms with E-state index in [1.807, 2.05) is 32.3 Å². The van der Waals surface area contributed by atoms with Gasteiger partial charge in [0.15, 0.2) is 0 Å². The SMILES string of the molecule is CN(C)CCCNC(=O)Cc1ccc2c(c1)CCC(=O)N2. The first-order chi connectivity index (χ1) is 10.0. The van der Waals surface area contributed by atoms with Crippen molar-refractivity contribution in [1.29, 1.82) is 0 Å². The molecule has 0 spiro atoms. The molecule has 1 aromatic rings. The van der Waals surface area contributed by atoms with Gasteiger partial charge in [0.2, 0.25) is 11.8 Å². The number of benzene rings is 1. The highest BCUT2D eigenvalue weighted by molar-refractivity contribution is 5.94. The van der Waals surface area contributed by atoms with Crippen LogP contribution in [0.3, 0.4) is 0 Å². The fourth-order valence-corrected chi connectivity index (χ4v) is 2.42. The summed E-state index contributed by atoms with van der Waals surface area (Å²) >= 11 is 0. The minimum absolute atomic E-state index is 0.0496. The number of amides is 2. The minimum atomic E-state index is 0.0496. The van der Waals surface area contributed by atoms with Gasteiger partial charge in [-0.1, -0.05) is 12.1 Å². The van der Waals surface area contributed by atoms with E-state index < -0.39 is 0 Å². The number of aryl methyl sites for hydroxylation is 1. The van der Waals surface area contributed by atoms with Crippen LogP contribution < -0.4 is 10.6 Å². The Kier molecular flexibility index (Phi) is 5.33. The van der Waals surface area contributed by atoms with Crippen molar-refractivity contribution in [2.75, 3.05) is 32.5 Å². The standard InChI is InChI=1S/C16H23N3O2/c1-19(2)9-3-8-17-16(21)11-12-4-6-14-13(10-12)5-7-15(20)18-14/h4,6,10H,3,5,7-9,11H2,1-2H3,(H,17,21)(H,18,20). The summed E-state index contributed by atoms with van der Waals surface area (Å²) in [4.78, 5) is 25.3. The third kappa shape index (κ3) is 4.86. The van der Waals surface area contributed by atoms with E-state index in [1.54, 1.807) is 0 Å². The van der Waals surface area contributed by atoms with E-state index in [-0.39, 0.29) is 11.8 Å². The molecule has 1 aromatic carbocycles. The molecule has 2 rings (SSSR count). The first-order valence-corrected chi connectivity index (χ1v) is 7.37. The summed E-state index contributed by atoms with van der Waals surface area (Å²) in [5.41, 5.74) is 2.99. The average Bonchev–Trinajstić information content (AvgIpc) is 2.43. The van der Waals surface area contributed by atoms with Crippen LogP contribution in [-0.4, -0.2) is 43.9 Å². The Hall–Kier alpha value is -1.88. The molecule has 0 saturated heterocycles. The molecule has 5 nitrogen and oxygen atoms in total. The Labute approximate surface area is 125 Å². The lowest BCUT2D eigenvalue weighted by molar-refractivity contribution is -0.120. The monoisotopic (exact) mass is 289 g/mol. The maximum Gasteiger partial charge on any atom is 0.224 e. The van der Waals surface area contributed by atoms with Gasteiger partial charge in [-0.05, 0) is 50.7 Å². The quantitative estimate of drug-likeness (QED) is 0.773. The van der Waals surface area contributed by atoms with Crippen molar-refractivity contribution in [1.82, 2.24) is 10.2 Å². The normalized spacial score (nSPS) is 13.8. The molecule has 0 bridgehead atoms. The summed E-state index contributed by atoms with van der Waals surface area (Å²) in [5.74, 6) is 0.113. The average molecular weight is 289 g/mol. The summed E-state index contributed by atoms with van der Waals surface area (Å²) in [5, 5.41) is 5.79. The predicted octanol–water partition coefficient (Wildman–Crippen LogP) is 1.18. The van der Waals surface area contributed by atoms with Crippen molar-refractivity contribution in [2.24, 2.45) is 0 Å². The molecule has 0 atom stereocenters. The number of carbonyl (C=O) groups excluding carboxylic acids is 2. The van der Waals surface area contributed by atoms with E-state index >= 15 is 0 Å². The van der Waals surface area contributed by atoms with Crippen LogP contribution in [-0.2, 0) is 22.4 Å². The maximum atomic E-state index is 11.9. The van der Waals surface area contributed by atoms with Crippen LogP contribution in [0.1, 0.15) is 24.0 Å². The van der Waals surface area contributed by atoms with Gasteiger partial charge in [0.25, 0.3) is 0 Å². The van der Waals surface area contributed by atoms with Crippen molar-refractivity contribution in [3.63, 3.8) is 0 Å². The van der Waals surface area contributed by atoms with Gasteiger partial charge >= 0.3 is 0 Å². The number of hydrogen-bond donors (Lipinski definition) is 2. The number of rotatable bonds is 6. The third-order valence-electron chi connectivity index (χ3n) is 3.53. The Morgan fingerprint density at radius 2 is 2.14 bits per heavy atom. The van der Waals surface area contributed by atoms with Crippen molar-refractivity contribution in [2.45, 2.75) is 25.7 Å². The van der Waals surface area contributed by atoms with E-state index in [4.69, 9.17) is 0 Å². The van der Waals surface area contributed by atoms with Crippen LogP contribution in [0.5, 0.6) is 0 Å².